The lowest BCUT2D eigenvalue weighted by molar-refractivity contribution is -0.136. The Kier molecular flexibility index (Phi) is 6.29. The Hall–Kier alpha value is -3.61. The lowest BCUT2D eigenvalue weighted by atomic mass is 10.1. The van der Waals surface area contributed by atoms with Crippen LogP contribution in [0.3, 0.4) is 0 Å². The van der Waals surface area contributed by atoms with Crippen LogP contribution in [0.25, 0.3) is 11.0 Å². The summed E-state index contributed by atoms with van der Waals surface area (Å²) in [5.74, 6) is -0.309. The minimum absolute atomic E-state index is 0.0772. The van der Waals surface area contributed by atoms with E-state index in [4.69, 9.17) is 13.9 Å². The molecule has 7 heteroatoms. The number of hydrogen-bond donors (Lipinski definition) is 1. The lowest BCUT2D eigenvalue weighted by Crippen LogP contribution is -2.27. The number of fused-ring (bicyclic) bond motifs is 1. The molecule has 0 atom stereocenters. The highest BCUT2D eigenvalue weighted by molar-refractivity contribution is 5.96. The molecular formula is C22H21NO6. The quantitative estimate of drug-likeness (QED) is 0.375. The number of benzene rings is 2. The summed E-state index contributed by atoms with van der Waals surface area (Å²) in [6.45, 7) is 3.95. The van der Waals surface area contributed by atoms with Gasteiger partial charge in [0.1, 0.15) is 22.6 Å². The van der Waals surface area contributed by atoms with Crippen molar-refractivity contribution < 1.29 is 23.5 Å². The second-order valence-electron chi connectivity index (χ2n) is 6.27. The van der Waals surface area contributed by atoms with Crippen molar-refractivity contribution in [2.75, 3.05) is 13.2 Å². The highest BCUT2D eigenvalue weighted by Gasteiger charge is 2.14. The molecule has 3 aromatic rings. The van der Waals surface area contributed by atoms with Gasteiger partial charge in [0, 0.05) is 18.0 Å². The van der Waals surface area contributed by atoms with Crippen molar-refractivity contribution in [1.82, 2.24) is 5.32 Å². The lowest BCUT2D eigenvalue weighted by Gasteiger charge is -2.08. The van der Waals surface area contributed by atoms with Crippen LogP contribution in [0.2, 0.25) is 0 Å². The molecule has 150 valence electrons. The summed E-state index contributed by atoms with van der Waals surface area (Å²) in [5.41, 5.74) is 0.551. The van der Waals surface area contributed by atoms with Crippen LogP contribution in [0.1, 0.15) is 29.8 Å². The number of rotatable bonds is 7. The highest BCUT2D eigenvalue weighted by atomic mass is 16.6. The third-order valence-electron chi connectivity index (χ3n) is 4.21. The molecular weight excluding hydrogens is 374 g/mol. The molecule has 0 aliphatic heterocycles. The summed E-state index contributed by atoms with van der Waals surface area (Å²) in [6, 6.07) is 13.5. The van der Waals surface area contributed by atoms with E-state index in [0.29, 0.717) is 17.7 Å². The fourth-order valence-electron chi connectivity index (χ4n) is 2.69. The Morgan fingerprint density at radius 3 is 2.41 bits per heavy atom. The van der Waals surface area contributed by atoms with Gasteiger partial charge in [-0.2, -0.15) is 0 Å². The average molecular weight is 395 g/mol. The minimum atomic E-state index is -0.759. The average Bonchev–Trinajstić information content (AvgIpc) is 2.72. The zero-order valence-electron chi connectivity index (χ0n) is 16.2. The van der Waals surface area contributed by atoms with Crippen molar-refractivity contribution >= 4 is 22.8 Å². The van der Waals surface area contributed by atoms with Crippen molar-refractivity contribution in [3.05, 3.63) is 70.1 Å². The predicted molar refractivity (Wildman–Crippen MR) is 107 cm³/mol. The van der Waals surface area contributed by atoms with E-state index >= 15 is 0 Å². The molecule has 29 heavy (non-hydrogen) atoms. The molecule has 0 aliphatic carbocycles. The predicted octanol–water partition coefficient (Wildman–Crippen LogP) is 3.09. The largest absolute Gasteiger partial charge is 0.482 e. The van der Waals surface area contributed by atoms with Gasteiger partial charge in [-0.15, -0.1) is 0 Å². The van der Waals surface area contributed by atoms with Crippen molar-refractivity contribution in [3.8, 4) is 11.5 Å². The maximum Gasteiger partial charge on any atom is 0.349 e. The van der Waals surface area contributed by atoms with Crippen LogP contribution in [0.4, 0.5) is 0 Å². The van der Waals surface area contributed by atoms with Crippen molar-refractivity contribution in [1.29, 1.82) is 0 Å². The third-order valence-corrected chi connectivity index (χ3v) is 4.21. The van der Waals surface area contributed by atoms with Gasteiger partial charge in [0.05, 0.1) is 0 Å². The number of amides is 1. The standard InChI is InChI=1S/C22H21NO6/c1-3-14-5-8-16(9-6-14)27-13-20(24)28-17-10-7-15-11-18(21(25)23-4-2)22(26)29-19(15)12-17/h5-12H,3-4,13H2,1-2H3,(H,23,25). The van der Waals surface area contributed by atoms with Gasteiger partial charge in [-0.1, -0.05) is 19.1 Å². The van der Waals surface area contributed by atoms with E-state index in [1.807, 2.05) is 12.1 Å². The monoisotopic (exact) mass is 395 g/mol. The summed E-state index contributed by atoms with van der Waals surface area (Å²) in [7, 11) is 0. The molecule has 0 radical (unpaired) electrons. The zero-order valence-corrected chi connectivity index (χ0v) is 16.2. The Morgan fingerprint density at radius 1 is 1.00 bits per heavy atom. The molecule has 1 N–H and O–H groups in total. The van der Waals surface area contributed by atoms with E-state index < -0.39 is 17.5 Å². The first kappa shape index (κ1) is 20.1. The van der Waals surface area contributed by atoms with Crippen LogP contribution >= 0.6 is 0 Å². The molecule has 0 saturated heterocycles. The first-order chi connectivity index (χ1) is 14.0. The number of aryl methyl sites for hydroxylation is 1. The SMILES string of the molecule is CCNC(=O)c1cc2ccc(OC(=O)COc3ccc(CC)cc3)cc2oc1=O. The third kappa shape index (κ3) is 5.01. The first-order valence-electron chi connectivity index (χ1n) is 9.28. The van der Waals surface area contributed by atoms with Gasteiger partial charge in [-0.3, -0.25) is 4.79 Å². The van der Waals surface area contributed by atoms with Gasteiger partial charge in [0.25, 0.3) is 5.91 Å². The molecule has 1 aromatic heterocycles. The minimum Gasteiger partial charge on any atom is -0.482 e. The van der Waals surface area contributed by atoms with Crippen LogP contribution in [0.15, 0.2) is 57.7 Å². The second kappa shape index (κ2) is 9.05. The number of ether oxygens (including phenoxy) is 2. The highest BCUT2D eigenvalue weighted by Crippen LogP contribution is 2.21. The number of carbonyl (C=O) groups is 2. The Balaban J connectivity index is 1.68. The van der Waals surface area contributed by atoms with Crippen LogP contribution in [-0.2, 0) is 11.2 Å². The first-order valence-corrected chi connectivity index (χ1v) is 9.28. The van der Waals surface area contributed by atoms with Crippen molar-refractivity contribution in [3.63, 3.8) is 0 Å². The molecule has 7 nitrogen and oxygen atoms in total. The molecule has 0 bridgehead atoms. The van der Waals surface area contributed by atoms with Gasteiger partial charge in [0.2, 0.25) is 0 Å². The van der Waals surface area contributed by atoms with E-state index in [2.05, 4.69) is 12.2 Å². The van der Waals surface area contributed by atoms with Crippen LogP contribution in [0, 0.1) is 0 Å². The van der Waals surface area contributed by atoms with Crippen molar-refractivity contribution in [2.24, 2.45) is 0 Å². The number of nitrogens with one attached hydrogen (secondary N) is 1. The van der Waals surface area contributed by atoms with E-state index in [1.165, 1.54) is 17.7 Å². The zero-order chi connectivity index (χ0) is 20.8. The fourth-order valence-corrected chi connectivity index (χ4v) is 2.69. The molecule has 0 aliphatic rings. The number of carbonyl (C=O) groups excluding carboxylic acids is 2. The molecule has 0 spiro atoms. The number of hydrogen-bond acceptors (Lipinski definition) is 6. The Labute approximate surface area is 167 Å². The molecule has 1 amide bonds. The van der Waals surface area contributed by atoms with Gasteiger partial charge >= 0.3 is 11.6 Å². The topological polar surface area (TPSA) is 94.8 Å². The van der Waals surface area contributed by atoms with Gasteiger partial charge in [0.15, 0.2) is 6.61 Å². The van der Waals surface area contributed by atoms with Crippen LogP contribution < -0.4 is 20.4 Å². The summed E-state index contributed by atoms with van der Waals surface area (Å²) >= 11 is 0. The molecule has 0 saturated carbocycles. The van der Waals surface area contributed by atoms with Gasteiger partial charge < -0.3 is 19.2 Å². The van der Waals surface area contributed by atoms with Crippen LogP contribution in [-0.4, -0.2) is 25.0 Å². The summed E-state index contributed by atoms with van der Waals surface area (Å²) in [6.07, 6.45) is 0.922. The molecule has 1 heterocycles. The molecule has 2 aromatic carbocycles. The van der Waals surface area contributed by atoms with E-state index in [1.54, 1.807) is 31.2 Å². The summed E-state index contributed by atoms with van der Waals surface area (Å²) in [5, 5.41) is 3.10. The summed E-state index contributed by atoms with van der Waals surface area (Å²) < 4.78 is 15.9. The van der Waals surface area contributed by atoms with Crippen molar-refractivity contribution in [2.45, 2.75) is 20.3 Å². The van der Waals surface area contributed by atoms with E-state index in [0.717, 1.165) is 6.42 Å². The Morgan fingerprint density at radius 2 is 1.72 bits per heavy atom. The normalized spacial score (nSPS) is 10.6. The smallest absolute Gasteiger partial charge is 0.349 e. The molecule has 3 rings (SSSR count). The fraction of sp³-hybridized carbons (Fsp3) is 0.227. The Bertz CT molecular complexity index is 1080. The van der Waals surface area contributed by atoms with E-state index in [9.17, 15) is 14.4 Å². The van der Waals surface area contributed by atoms with Gasteiger partial charge in [-0.25, -0.2) is 9.59 Å². The molecule has 0 unspecified atom stereocenters. The number of esters is 1. The van der Waals surface area contributed by atoms with E-state index in [-0.39, 0.29) is 23.5 Å². The summed E-state index contributed by atoms with van der Waals surface area (Å²) in [4.78, 5) is 36.0. The maximum atomic E-state index is 12.0. The van der Waals surface area contributed by atoms with Gasteiger partial charge in [-0.05, 0) is 49.2 Å². The maximum absolute atomic E-state index is 12.0. The molecule has 0 fully saturated rings. The van der Waals surface area contributed by atoms with Crippen LogP contribution in [0.5, 0.6) is 11.5 Å². The second-order valence-corrected chi connectivity index (χ2v) is 6.27.